The fourth-order valence-corrected chi connectivity index (χ4v) is 4.48. The van der Waals surface area contributed by atoms with Crippen molar-refractivity contribution < 1.29 is 4.52 Å². The Labute approximate surface area is 153 Å². The minimum absolute atomic E-state index is 0.547. The highest BCUT2D eigenvalue weighted by Gasteiger charge is 2.14. The molecule has 0 saturated carbocycles. The number of aryl methyl sites for hydroxylation is 3. The van der Waals surface area contributed by atoms with Crippen LogP contribution in [0.4, 0.5) is 0 Å². The average molecular weight is 368 g/mol. The van der Waals surface area contributed by atoms with Crippen molar-refractivity contribution in [2.75, 3.05) is 0 Å². The zero-order valence-electron chi connectivity index (χ0n) is 14.1. The molecule has 0 aliphatic rings. The molecule has 0 aliphatic heterocycles. The van der Waals surface area contributed by atoms with E-state index in [2.05, 4.69) is 40.9 Å². The Morgan fingerprint density at radius 2 is 1.88 bits per heavy atom. The lowest BCUT2D eigenvalue weighted by atomic mass is 10.1. The minimum Gasteiger partial charge on any atom is -0.334 e. The summed E-state index contributed by atoms with van der Waals surface area (Å²) in [6.07, 6.45) is 1.62. The van der Waals surface area contributed by atoms with Crippen molar-refractivity contribution in [3.8, 4) is 11.5 Å². The number of nitrogens with zero attached hydrogens (tertiary/aromatic N) is 4. The van der Waals surface area contributed by atoms with Crippen molar-refractivity contribution in [1.29, 1.82) is 0 Å². The maximum atomic E-state index is 5.39. The van der Waals surface area contributed by atoms with Gasteiger partial charge < -0.3 is 4.52 Å². The SMILES string of the molecule is Cc1ccc(-c2nc(CSc3ncnc4sc(C)c(C)c34)no2)cc1. The van der Waals surface area contributed by atoms with Gasteiger partial charge in [-0.2, -0.15) is 4.98 Å². The summed E-state index contributed by atoms with van der Waals surface area (Å²) in [7, 11) is 0. The molecule has 5 nitrogen and oxygen atoms in total. The fraction of sp³-hybridized carbons (Fsp3) is 0.222. The highest BCUT2D eigenvalue weighted by Crippen LogP contribution is 2.35. The smallest absolute Gasteiger partial charge is 0.257 e. The van der Waals surface area contributed by atoms with E-state index in [1.54, 1.807) is 29.4 Å². The van der Waals surface area contributed by atoms with E-state index in [0.717, 1.165) is 20.8 Å². The molecule has 3 aromatic heterocycles. The molecule has 0 atom stereocenters. The second-order valence-electron chi connectivity index (χ2n) is 5.81. The molecule has 126 valence electrons. The summed E-state index contributed by atoms with van der Waals surface area (Å²) >= 11 is 3.31. The fourth-order valence-electron chi connectivity index (χ4n) is 2.52. The first-order valence-corrected chi connectivity index (χ1v) is 9.65. The van der Waals surface area contributed by atoms with Gasteiger partial charge in [0.2, 0.25) is 0 Å². The van der Waals surface area contributed by atoms with Crippen molar-refractivity contribution in [3.05, 3.63) is 52.4 Å². The molecule has 0 amide bonds. The molecular formula is C18H16N4OS2. The largest absolute Gasteiger partial charge is 0.334 e. The lowest BCUT2D eigenvalue weighted by Crippen LogP contribution is -1.89. The van der Waals surface area contributed by atoms with Gasteiger partial charge in [-0.1, -0.05) is 34.6 Å². The van der Waals surface area contributed by atoms with Crippen LogP contribution < -0.4 is 0 Å². The molecule has 25 heavy (non-hydrogen) atoms. The highest BCUT2D eigenvalue weighted by atomic mass is 32.2. The monoisotopic (exact) mass is 368 g/mol. The van der Waals surface area contributed by atoms with Gasteiger partial charge in [-0.15, -0.1) is 11.3 Å². The van der Waals surface area contributed by atoms with Gasteiger partial charge in [-0.25, -0.2) is 9.97 Å². The predicted octanol–water partition coefficient (Wildman–Crippen LogP) is 4.96. The topological polar surface area (TPSA) is 64.7 Å². The van der Waals surface area contributed by atoms with Gasteiger partial charge in [0.05, 0.1) is 5.75 Å². The quantitative estimate of drug-likeness (QED) is 0.375. The summed E-state index contributed by atoms with van der Waals surface area (Å²) in [5.74, 6) is 1.82. The Morgan fingerprint density at radius 1 is 1.08 bits per heavy atom. The summed E-state index contributed by atoms with van der Waals surface area (Å²) in [6.45, 7) is 6.28. The zero-order chi connectivity index (χ0) is 17.4. The number of aromatic nitrogens is 4. The number of hydrogen-bond donors (Lipinski definition) is 0. The van der Waals surface area contributed by atoms with Crippen molar-refractivity contribution in [3.63, 3.8) is 0 Å². The molecule has 4 aromatic rings. The Morgan fingerprint density at radius 3 is 2.68 bits per heavy atom. The van der Waals surface area contributed by atoms with Crippen molar-refractivity contribution in [1.82, 2.24) is 20.1 Å². The van der Waals surface area contributed by atoms with Gasteiger partial charge in [-0.3, -0.25) is 0 Å². The van der Waals surface area contributed by atoms with Crippen LogP contribution in [-0.4, -0.2) is 20.1 Å². The zero-order valence-corrected chi connectivity index (χ0v) is 15.7. The van der Waals surface area contributed by atoms with Crippen molar-refractivity contribution in [2.24, 2.45) is 0 Å². The molecule has 7 heteroatoms. The third-order valence-corrected chi connectivity index (χ3v) is 6.14. The van der Waals surface area contributed by atoms with Crippen LogP contribution in [0.2, 0.25) is 0 Å². The van der Waals surface area contributed by atoms with E-state index in [1.807, 2.05) is 24.3 Å². The summed E-state index contributed by atoms with van der Waals surface area (Å²) in [5, 5.41) is 6.19. The number of thioether (sulfide) groups is 1. The number of rotatable bonds is 4. The van der Waals surface area contributed by atoms with E-state index in [1.165, 1.54) is 16.0 Å². The molecule has 0 fully saturated rings. The summed E-state index contributed by atoms with van der Waals surface area (Å²) in [5.41, 5.74) is 3.38. The van der Waals surface area contributed by atoms with Gasteiger partial charge >= 0.3 is 0 Å². The normalized spacial score (nSPS) is 11.3. The molecular weight excluding hydrogens is 352 g/mol. The van der Waals surface area contributed by atoms with Crippen LogP contribution in [0.25, 0.3) is 21.7 Å². The van der Waals surface area contributed by atoms with Crippen LogP contribution in [0.5, 0.6) is 0 Å². The van der Waals surface area contributed by atoms with Crippen molar-refractivity contribution >= 4 is 33.3 Å². The Balaban J connectivity index is 1.55. The van der Waals surface area contributed by atoms with Crippen LogP contribution in [0.3, 0.4) is 0 Å². The van der Waals surface area contributed by atoms with Crippen LogP contribution in [0.1, 0.15) is 21.8 Å². The second kappa shape index (κ2) is 6.57. The van der Waals surface area contributed by atoms with Gasteiger partial charge in [0.25, 0.3) is 5.89 Å². The first-order valence-electron chi connectivity index (χ1n) is 7.85. The molecule has 0 N–H and O–H groups in total. The Bertz CT molecular complexity index is 1040. The van der Waals surface area contributed by atoms with E-state index in [4.69, 9.17) is 4.52 Å². The van der Waals surface area contributed by atoms with Crippen LogP contribution in [0.15, 0.2) is 40.1 Å². The maximum Gasteiger partial charge on any atom is 0.257 e. The third-order valence-electron chi connectivity index (χ3n) is 4.04. The van der Waals surface area contributed by atoms with Gasteiger partial charge in [0.15, 0.2) is 5.82 Å². The van der Waals surface area contributed by atoms with E-state index in [-0.39, 0.29) is 0 Å². The van der Waals surface area contributed by atoms with E-state index < -0.39 is 0 Å². The maximum absolute atomic E-state index is 5.39. The van der Waals surface area contributed by atoms with Crippen LogP contribution in [0, 0.1) is 20.8 Å². The van der Waals surface area contributed by atoms with E-state index in [9.17, 15) is 0 Å². The molecule has 0 aliphatic carbocycles. The molecule has 1 aromatic carbocycles. The van der Waals surface area contributed by atoms with Crippen LogP contribution in [-0.2, 0) is 5.75 Å². The predicted molar refractivity (Wildman–Crippen MR) is 101 cm³/mol. The number of thiophene rings is 1. The standard InChI is InChI=1S/C18H16N4OS2/c1-10-4-6-13(7-5-10)16-21-14(22-23-16)8-24-17-15-11(2)12(3)25-18(15)20-9-19-17/h4-7,9H,8H2,1-3H3. The highest BCUT2D eigenvalue weighted by molar-refractivity contribution is 7.98. The number of hydrogen-bond acceptors (Lipinski definition) is 7. The third kappa shape index (κ3) is 3.17. The molecule has 0 unspecified atom stereocenters. The van der Waals surface area contributed by atoms with E-state index in [0.29, 0.717) is 17.5 Å². The van der Waals surface area contributed by atoms with E-state index >= 15 is 0 Å². The van der Waals surface area contributed by atoms with Gasteiger partial charge in [-0.05, 0) is 38.5 Å². The van der Waals surface area contributed by atoms with Gasteiger partial charge in [0, 0.05) is 15.8 Å². The molecule has 4 rings (SSSR count). The summed E-state index contributed by atoms with van der Waals surface area (Å²) in [4.78, 5) is 15.6. The Kier molecular flexibility index (Phi) is 4.27. The molecule has 0 spiro atoms. The van der Waals surface area contributed by atoms with Gasteiger partial charge in [0.1, 0.15) is 16.2 Å². The first-order chi connectivity index (χ1) is 12.1. The molecule has 0 bridgehead atoms. The summed E-state index contributed by atoms with van der Waals surface area (Å²) < 4.78 is 5.39. The molecule has 0 radical (unpaired) electrons. The van der Waals surface area contributed by atoms with Crippen LogP contribution >= 0.6 is 23.1 Å². The lowest BCUT2D eigenvalue weighted by Gasteiger charge is -2.00. The number of benzene rings is 1. The molecule has 3 heterocycles. The Hall–Kier alpha value is -2.25. The number of fused-ring (bicyclic) bond motifs is 1. The minimum atomic E-state index is 0.547. The molecule has 0 saturated heterocycles. The average Bonchev–Trinajstić information content (AvgIpc) is 3.19. The first kappa shape index (κ1) is 16.2. The summed E-state index contributed by atoms with van der Waals surface area (Å²) in [6, 6.07) is 8.05. The second-order valence-corrected chi connectivity index (χ2v) is 7.98. The van der Waals surface area contributed by atoms with Crippen molar-refractivity contribution in [2.45, 2.75) is 31.6 Å². The lowest BCUT2D eigenvalue weighted by molar-refractivity contribution is 0.425.